The first-order valence-electron chi connectivity index (χ1n) is 17.3. The molecule has 8 aromatic rings. The average Bonchev–Trinajstić information content (AvgIpc) is 3.64. The van der Waals surface area contributed by atoms with Crippen molar-refractivity contribution in [2.75, 3.05) is 0 Å². The maximum absolute atomic E-state index is 7.85. The summed E-state index contributed by atoms with van der Waals surface area (Å²) in [5.41, 5.74) is 4.89. The van der Waals surface area contributed by atoms with Gasteiger partial charge in [-0.15, -0.1) is 54.1 Å². The normalized spacial score (nSPS) is 14.0. The Kier molecular flexibility index (Phi) is 6.50. The van der Waals surface area contributed by atoms with E-state index in [-0.39, 0.29) is 36.9 Å². The molecule has 0 atom stereocenters. The van der Waals surface area contributed by atoms with Crippen LogP contribution in [0.4, 0.5) is 0 Å². The minimum atomic E-state index is -2.62. The van der Waals surface area contributed by atoms with E-state index in [1.807, 2.05) is 72.9 Å². The number of rotatable bonds is 3. The van der Waals surface area contributed by atoms with Gasteiger partial charge in [0.1, 0.15) is 16.7 Å². The third-order valence-electron chi connectivity index (χ3n) is 7.71. The second kappa shape index (κ2) is 12.2. The first kappa shape index (κ1) is 24.0. The average molecular weight is 787 g/mol. The molecule has 0 unspecified atom stereocenters. The molecule has 1 radical (unpaired) electrons. The van der Waals surface area contributed by atoms with Crippen molar-refractivity contribution in [3.63, 3.8) is 0 Å². The number of furan rings is 2. The molecule has 225 valence electrons. The van der Waals surface area contributed by atoms with Gasteiger partial charge in [-0.05, 0) is 54.0 Å². The van der Waals surface area contributed by atoms with E-state index in [1.54, 1.807) is 6.07 Å². The Morgan fingerprint density at radius 1 is 0.644 bits per heavy atom. The van der Waals surface area contributed by atoms with Gasteiger partial charge in [0.25, 0.3) is 0 Å². The summed E-state index contributed by atoms with van der Waals surface area (Å²) in [5, 5.41) is 4.94. The largest absolute Gasteiger partial charge is 0.501 e. The molecule has 0 amide bonds. The third-order valence-corrected chi connectivity index (χ3v) is 9.73. The Bertz CT molecular complexity index is 2500. The van der Waals surface area contributed by atoms with Crippen LogP contribution in [-0.2, 0) is 20.1 Å². The number of hydrogen-bond donors (Lipinski definition) is 0. The zero-order valence-electron chi connectivity index (χ0n) is 30.9. The SMILES string of the molecule is C[Si](C)(C)c1ccc(-c2[c-]cccc2)nc1.[2H]C([2H])([2H])c1cnc(-c2[c-]ccc3c2oc2cc4c(cc23)oc2ccccc24)cc1C([2H])([2H])[2H].[Ir]. The van der Waals surface area contributed by atoms with Crippen molar-refractivity contribution in [3.8, 4) is 22.5 Å². The molecule has 0 spiro atoms. The summed E-state index contributed by atoms with van der Waals surface area (Å²) in [6, 6.07) is 35.0. The van der Waals surface area contributed by atoms with Crippen molar-refractivity contribution in [2.45, 2.75) is 33.3 Å². The van der Waals surface area contributed by atoms with Crippen LogP contribution >= 0.6 is 0 Å². The summed E-state index contributed by atoms with van der Waals surface area (Å²) in [6.45, 7) is 1.78. The monoisotopic (exact) mass is 787 g/mol. The van der Waals surface area contributed by atoms with Crippen LogP contribution in [0.3, 0.4) is 0 Å². The predicted octanol–water partition coefficient (Wildman–Crippen LogP) is 10.1. The Morgan fingerprint density at radius 3 is 2.13 bits per heavy atom. The molecule has 0 fully saturated rings. The number of aromatic nitrogens is 2. The number of benzene rings is 4. The molecule has 4 aromatic heterocycles. The van der Waals surface area contributed by atoms with Crippen LogP contribution in [0.15, 0.2) is 112 Å². The molecule has 6 heteroatoms. The number of fused-ring (bicyclic) bond motifs is 6. The van der Waals surface area contributed by atoms with Gasteiger partial charge in [-0.3, -0.25) is 0 Å². The van der Waals surface area contributed by atoms with Crippen molar-refractivity contribution in [2.24, 2.45) is 0 Å². The van der Waals surface area contributed by atoms with E-state index >= 15 is 0 Å². The third kappa shape index (κ3) is 5.89. The molecule has 0 saturated heterocycles. The van der Waals surface area contributed by atoms with Gasteiger partial charge in [0.2, 0.25) is 0 Å². The molecule has 0 saturated carbocycles. The summed E-state index contributed by atoms with van der Waals surface area (Å²) >= 11 is 0. The second-order valence-corrected chi connectivity index (χ2v) is 16.8. The number of pyridine rings is 2. The van der Waals surface area contributed by atoms with Gasteiger partial charge in [-0.1, -0.05) is 72.6 Å². The fraction of sp³-hybridized carbons (Fsp3) is 0.128. The molecular weight excluding hydrogens is 749 g/mol. The van der Waals surface area contributed by atoms with Crippen LogP contribution < -0.4 is 5.19 Å². The molecular formula is C39H32IrN2O2Si-2. The summed E-state index contributed by atoms with van der Waals surface area (Å²) in [5.74, 6) is 0. The van der Waals surface area contributed by atoms with Gasteiger partial charge in [-0.2, -0.15) is 0 Å². The van der Waals surface area contributed by atoms with Crippen LogP contribution in [0.5, 0.6) is 0 Å². The summed E-state index contributed by atoms with van der Waals surface area (Å²) in [4.78, 5) is 8.79. The Balaban J connectivity index is 0.000000222. The van der Waals surface area contributed by atoms with E-state index in [9.17, 15) is 0 Å². The number of aryl methyl sites for hydroxylation is 2. The van der Waals surface area contributed by atoms with Crippen molar-refractivity contribution in [1.82, 2.24) is 9.97 Å². The van der Waals surface area contributed by atoms with Gasteiger partial charge < -0.3 is 18.8 Å². The van der Waals surface area contributed by atoms with E-state index in [0.29, 0.717) is 16.7 Å². The van der Waals surface area contributed by atoms with Gasteiger partial charge in [-0.25, -0.2) is 0 Å². The summed E-state index contributed by atoms with van der Waals surface area (Å²) < 4.78 is 58.9. The second-order valence-electron chi connectivity index (χ2n) is 11.7. The molecule has 0 aliphatic carbocycles. The van der Waals surface area contributed by atoms with Crippen LogP contribution in [0, 0.1) is 25.8 Å². The molecule has 4 nitrogen and oxygen atoms in total. The van der Waals surface area contributed by atoms with E-state index in [0.717, 1.165) is 50.2 Å². The minimum absolute atomic E-state index is 0. The Morgan fingerprint density at radius 2 is 1.40 bits per heavy atom. The topological polar surface area (TPSA) is 52.1 Å². The smallest absolute Gasteiger partial charge is 0.136 e. The standard InChI is InChI=1S/C25H16NO2.C14H16NSi.Ir/c1-14-10-21(26-13-15(14)2)18-8-5-7-17-20-12-23-19(11-24(20)28-25(17)18)16-6-3-4-9-22(16)27-23;1-16(2,3)13-9-10-14(15-11-13)12-7-5-4-6-8-12;/h3-7,9-13H,1-2H3;4-7,9-11H,1-3H3;/q2*-1;/i1D3,2D3;;. The minimum Gasteiger partial charge on any atom is -0.501 e. The molecule has 4 heterocycles. The Labute approximate surface area is 285 Å². The first-order chi connectivity index (χ1) is 23.7. The fourth-order valence-electron chi connectivity index (χ4n) is 5.29. The van der Waals surface area contributed by atoms with Crippen molar-refractivity contribution in [3.05, 3.63) is 127 Å². The maximum atomic E-state index is 7.85. The zero-order chi connectivity index (χ0) is 35.4. The van der Waals surface area contributed by atoms with Crippen LogP contribution in [-0.4, -0.2) is 18.0 Å². The first-order valence-corrected chi connectivity index (χ1v) is 17.8. The molecule has 0 N–H and O–H groups in total. The van der Waals surface area contributed by atoms with E-state index < -0.39 is 21.8 Å². The van der Waals surface area contributed by atoms with E-state index in [2.05, 4.69) is 53.9 Å². The molecule has 4 aromatic carbocycles. The van der Waals surface area contributed by atoms with Crippen LogP contribution in [0.25, 0.3) is 66.4 Å². The van der Waals surface area contributed by atoms with Crippen molar-refractivity contribution < 1.29 is 37.2 Å². The van der Waals surface area contributed by atoms with Crippen molar-refractivity contribution in [1.29, 1.82) is 0 Å². The van der Waals surface area contributed by atoms with Gasteiger partial charge in [0.15, 0.2) is 0 Å². The maximum Gasteiger partial charge on any atom is 0.136 e. The summed E-state index contributed by atoms with van der Waals surface area (Å²) in [7, 11) is -1.23. The van der Waals surface area contributed by atoms with Crippen molar-refractivity contribution >= 4 is 57.1 Å². The van der Waals surface area contributed by atoms with E-state index in [4.69, 9.17) is 17.1 Å². The quantitative estimate of drug-likeness (QED) is 0.132. The van der Waals surface area contributed by atoms with E-state index in [1.165, 1.54) is 11.3 Å². The molecule has 0 aliphatic rings. The molecule has 0 bridgehead atoms. The molecule has 45 heavy (non-hydrogen) atoms. The van der Waals surface area contributed by atoms with Gasteiger partial charge in [0, 0.05) is 56.9 Å². The number of para-hydroxylation sites is 1. The van der Waals surface area contributed by atoms with Crippen LogP contribution in [0.2, 0.25) is 19.6 Å². The summed E-state index contributed by atoms with van der Waals surface area (Å²) in [6.07, 6.45) is 3.13. The fourth-order valence-corrected chi connectivity index (χ4v) is 6.33. The number of hydrogen-bond acceptors (Lipinski definition) is 4. The number of nitrogens with zero attached hydrogens (tertiary/aromatic N) is 2. The van der Waals surface area contributed by atoms with Gasteiger partial charge >= 0.3 is 0 Å². The molecule has 0 aliphatic heterocycles. The van der Waals surface area contributed by atoms with Gasteiger partial charge in [0.05, 0.1) is 13.7 Å². The molecule has 8 rings (SSSR count). The Hall–Kier alpha value is -4.35. The van der Waals surface area contributed by atoms with Crippen LogP contribution in [0.1, 0.15) is 19.4 Å². The zero-order valence-corrected chi connectivity index (χ0v) is 28.3. The predicted molar refractivity (Wildman–Crippen MR) is 184 cm³/mol.